The van der Waals surface area contributed by atoms with Gasteiger partial charge in [0, 0.05) is 16.5 Å². The van der Waals surface area contributed by atoms with Crippen LogP contribution < -0.4 is 4.74 Å². The number of ketones is 1. The Morgan fingerprint density at radius 1 is 1.04 bits per heavy atom. The van der Waals surface area contributed by atoms with E-state index in [2.05, 4.69) is 4.98 Å². The number of hydrogen-bond donors (Lipinski definition) is 0. The van der Waals surface area contributed by atoms with E-state index in [0.29, 0.717) is 11.3 Å². The summed E-state index contributed by atoms with van der Waals surface area (Å²) in [6.07, 6.45) is -0.905. The van der Waals surface area contributed by atoms with Crippen LogP contribution in [0.5, 0.6) is 5.75 Å². The second kappa shape index (κ2) is 7.93. The van der Waals surface area contributed by atoms with E-state index >= 15 is 0 Å². The molecule has 0 radical (unpaired) electrons. The molecule has 5 nitrogen and oxygen atoms in total. The normalized spacial score (nSPS) is 11.6. The molecule has 1 atom stereocenters. The van der Waals surface area contributed by atoms with Crippen molar-refractivity contribution >= 4 is 23.1 Å². The molecule has 0 aliphatic carbocycles. The number of thiazole rings is 1. The van der Waals surface area contributed by atoms with Gasteiger partial charge in [-0.05, 0) is 31.2 Å². The van der Waals surface area contributed by atoms with Gasteiger partial charge in [0.05, 0.1) is 7.11 Å². The number of benzene rings is 2. The highest BCUT2D eigenvalue weighted by Gasteiger charge is 2.22. The van der Waals surface area contributed by atoms with Gasteiger partial charge >= 0.3 is 5.97 Å². The Kier molecular flexibility index (Phi) is 5.43. The van der Waals surface area contributed by atoms with E-state index in [1.165, 1.54) is 11.3 Å². The summed E-state index contributed by atoms with van der Waals surface area (Å²) in [6.45, 7) is 1.55. The maximum absolute atomic E-state index is 12.4. The van der Waals surface area contributed by atoms with Gasteiger partial charge in [0.1, 0.15) is 10.8 Å². The van der Waals surface area contributed by atoms with Crippen molar-refractivity contribution in [2.45, 2.75) is 13.0 Å². The zero-order valence-electron chi connectivity index (χ0n) is 14.3. The molecular formula is C20H17NO4S. The molecule has 0 N–H and O–H groups in total. The molecule has 0 amide bonds. The molecule has 0 saturated carbocycles. The fourth-order valence-corrected chi connectivity index (χ4v) is 3.14. The van der Waals surface area contributed by atoms with Crippen molar-refractivity contribution in [3.05, 3.63) is 71.2 Å². The van der Waals surface area contributed by atoms with E-state index in [1.54, 1.807) is 43.7 Å². The lowest BCUT2D eigenvalue weighted by Gasteiger charge is -2.11. The lowest BCUT2D eigenvalue weighted by molar-refractivity contribution is 0.0314. The van der Waals surface area contributed by atoms with Crippen molar-refractivity contribution in [1.29, 1.82) is 0 Å². The molecule has 2 aromatic carbocycles. The smallest absolute Gasteiger partial charge is 0.358 e. The number of esters is 1. The average molecular weight is 367 g/mol. The Morgan fingerprint density at radius 3 is 2.38 bits per heavy atom. The lowest BCUT2D eigenvalue weighted by atomic mass is 10.1. The van der Waals surface area contributed by atoms with E-state index < -0.39 is 12.1 Å². The number of Topliss-reactive ketones (excluding diaryl/α,β-unsaturated/α-hetero) is 1. The summed E-state index contributed by atoms with van der Waals surface area (Å²) in [4.78, 5) is 29.0. The molecular weight excluding hydrogens is 350 g/mol. The minimum atomic E-state index is -0.905. The van der Waals surface area contributed by atoms with Gasteiger partial charge in [-0.2, -0.15) is 0 Å². The fraction of sp³-hybridized carbons (Fsp3) is 0.150. The second-order valence-corrected chi connectivity index (χ2v) is 6.40. The van der Waals surface area contributed by atoms with Crippen molar-refractivity contribution in [3.8, 4) is 16.3 Å². The molecule has 0 bridgehead atoms. The Morgan fingerprint density at radius 2 is 1.73 bits per heavy atom. The molecule has 3 aromatic rings. The molecule has 1 aromatic heterocycles. The second-order valence-electron chi connectivity index (χ2n) is 5.54. The molecule has 0 aliphatic heterocycles. The number of carbonyl (C=O) groups is 2. The van der Waals surface area contributed by atoms with Gasteiger partial charge < -0.3 is 9.47 Å². The molecule has 0 fully saturated rings. The Labute approximate surface area is 155 Å². The molecule has 132 valence electrons. The van der Waals surface area contributed by atoms with E-state index in [4.69, 9.17) is 9.47 Å². The molecule has 26 heavy (non-hydrogen) atoms. The number of aromatic nitrogens is 1. The monoisotopic (exact) mass is 367 g/mol. The molecule has 3 rings (SSSR count). The summed E-state index contributed by atoms with van der Waals surface area (Å²) in [7, 11) is 1.55. The summed E-state index contributed by atoms with van der Waals surface area (Å²) in [5.41, 5.74) is 1.58. The molecule has 6 heteroatoms. The number of rotatable bonds is 6. The Hall–Kier alpha value is -2.99. The van der Waals surface area contributed by atoms with Gasteiger partial charge in [0.15, 0.2) is 11.8 Å². The van der Waals surface area contributed by atoms with Gasteiger partial charge in [-0.3, -0.25) is 4.79 Å². The van der Waals surface area contributed by atoms with Crippen molar-refractivity contribution < 1.29 is 19.1 Å². The van der Waals surface area contributed by atoms with E-state index in [1.807, 2.05) is 30.3 Å². The summed E-state index contributed by atoms with van der Waals surface area (Å²) in [6, 6.07) is 16.2. The van der Waals surface area contributed by atoms with E-state index in [-0.39, 0.29) is 11.5 Å². The molecule has 0 spiro atoms. The zero-order chi connectivity index (χ0) is 18.5. The average Bonchev–Trinajstić information content (AvgIpc) is 3.18. The quantitative estimate of drug-likeness (QED) is 0.481. The highest BCUT2D eigenvalue weighted by Crippen LogP contribution is 2.24. The maximum atomic E-state index is 12.4. The van der Waals surface area contributed by atoms with Crippen LogP contribution in [0.1, 0.15) is 27.8 Å². The number of methoxy groups -OCH3 is 1. The van der Waals surface area contributed by atoms with Crippen molar-refractivity contribution in [1.82, 2.24) is 4.98 Å². The van der Waals surface area contributed by atoms with Gasteiger partial charge in [-0.25, -0.2) is 9.78 Å². The van der Waals surface area contributed by atoms with Gasteiger partial charge in [-0.1, -0.05) is 30.3 Å². The topological polar surface area (TPSA) is 65.5 Å². The third-order valence-electron chi connectivity index (χ3n) is 3.76. The summed E-state index contributed by atoms with van der Waals surface area (Å²) >= 11 is 1.36. The predicted octanol–water partition coefficient (Wildman–Crippen LogP) is 4.25. The third-order valence-corrected chi connectivity index (χ3v) is 4.65. The highest BCUT2D eigenvalue weighted by atomic mass is 32.1. The van der Waals surface area contributed by atoms with Crippen LogP contribution in [0.3, 0.4) is 0 Å². The minimum Gasteiger partial charge on any atom is -0.497 e. The molecule has 0 aliphatic rings. The fourth-order valence-electron chi connectivity index (χ4n) is 2.35. The number of carbonyl (C=O) groups excluding carboxylic acids is 2. The van der Waals surface area contributed by atoms with Crippen LogP contribution in [-0.4, -0.2) is 30.0 Å². The summed E-state index contributed by atoms with van der Waals surface area (Å²) < 4.78 is 10.3. The van der Waals surface area contributed by atoms with Crippen LogP contribution in [0.4, 0.5) is 0 Å². The van der Waals surface area contributed by atoms with Gasteiger partial charge in [-0.15, -0.1) is 11.3 Å². The Bertz CT molecular complexity index is 903. The first kappa shape index (κ1) is 17.8. The molecule has 0 saturated heterocycles. The zero-order valence-corrected chi connectivity index (χ0v) is 15.2. The Balaban J connectivity index is 1.67. The third kappa shape index (κ3) is 3.97. The van der Waals surface area contributed by atoms with Crippen LogP contribution >= 0.6 is 11.3 Å². The first-order valence-corrected chi connectivity index (χ1v) is 8.86. The van der Waals surface area contributed by atoms with E-state index in [9.17, 15) is 9.59 Å². The largest absolute Gasteiger partial charge is 0.497 e. The summed E-state index contributed by atoms with van der Waals surface area (Å²) in [5, 5.41) is 2.36. The summed E-state index contributed by atoms with van der Waals surface area (Å²) in [5.74, 6) is -0.237. The van der Waals surface area contributed by atoms with Crippen LogP contribution in [0.2, 0.25) is 0 Å². The number of ether oxygens (including phenoxy) is 2. The van der Waals surface area contributed by atoms with Crippen molar-refractivity contribution in [2.24, 2.45) is 0 Å². The first-order valence-electron chi connectivity index (χ1n) is 7.98. The maximum Gasteiger partial charge on any atom is 0.358 e. The first-order chi connectivity index (χ1) is 12.6. The molecule has 1 heterocycles. The minimum absolute atomic E-state index is 0.197. The van der Waals surface area contributed by atoms with Crippen LogP contribution in [-0.2, 0) is 4.74 Å². The van der Waals surface area contributed by atoms with Gasteiger partial charge in [0.25, 0.3) is 0 Å². The van der Waals surface area contributed by atoms with Crippen LogP contribution in [0, 0.1) is 0 Å². The number of hydrogen-bond acceptors (Lipinski definition) is 6. The van der Waals surface area contributed by atoms with Gasteiger partial charge in [0.2, 0.25) is 5.78 Å². The van der Waals surface area contributed by atoms with Crippen LogP contribution in [0.25, 0.3) is 10.6 Å². The van der Waals surface area contributed by atoms with E-state index in [0.717, 1.165) is 10.6 Å². The standard InChI is InChI=1S/C20H17NO4S/c1-13(18(22)14-8-10-16(24-2)11-9-14)25-20(23)17-12-26-19(21-17)15-6-4-3-5-7-15/h3-13H,1-2H3/t13-/m0/s1. The number of nitrogens with zero attached hydrogens (tertiary/aromatic N) is 1. The molecule has 0 unspecified atom stereocenters. The van der Waals surface area contributed by atoms with Crippen molar-refractivity contribution in [2.75, 3.05) is 7.11 Å². The lowest BCUT2D eigenvalue weighted by Crippen LogP contribution is -2.24. The van der Waals surface area contributed by atoms with Crippen molar-refractivity contribution in [3.63, 3.8) is 0 Å². The van der Waals surface area contributed by atoms with Crippen LogP contribution in [0.15, 0.2) is 60.0 Å². The SMILES string of the molecule is COc1ccc(C(=O)[C@H](C)OC(=O)c2csc(-c3ccccc3)n2)cc1. The predicted molar refractivity (Wildman–Crippen MR) is 99.8 cm³/mol. The highest BCUT2D eigenvalue weighted by molar-refractivity contribution is 7.13.